The van der Waals surface area contributed by atoms with E-state index >= 15 is 0 Å². The van der Waals surface area contributed by atoms with Crippen LogP contribution in [-0.2, 0) is 16.1 Å². The number of aryl methyl sites for hydroxylation is 1. The van der Waals surface area contributed by atoms with Crippen LogP contribution in [0.25, 0.3) is 6.08 Å². The highest BCUT2D eigenvalue weighted by molar-refractivity contribution is 8.18. The molecular formula is C27H22Cl2N2O4S. The van der Waals surface area contributed by atoms with Crippen molar-refractivity contribution in [2.24, 2.45) is 4.99 Å². The molecule has 36 heavy (non-hydrogen) atoms. The van der Waals surface area contributed by atoms with Gasteiger partial charge in [0.15, 0.2) is 10.9 Å². The first kappa shape index (κ1) is 25.8. The number of esters is 1. The molecule has 0 N–H and O–H groups in total. The number of nitrogens with zero attached hydrogens (tertiary/aromatic N) is 2. The summed E-state index contributed by atoms with van der Waals surface area (Å²) in [5.74, 6) is -0.232. The van der Waals surface area contributed by atoms with Gasteiger partial charge in [-0.05, 0) is 72.3 Å². The Morgan fingerprint density at radius 3 is 2.31 bits per heavy atom. The Morgan fingerprint density at radius 1 is 1.06 bits per heavy atom. The van der Waals surface area contributed by atoms with Crippen LogP contribution in [-0.4, -0.2) is 36.1 Å². The molecule has 0 saturated carbocycles. The molecule has 1 heterocycles. The Kier molecular flexibility index (Phi) is 8.04. The van der Waals surface area contributed by atoms with Gasteiger partial charge >= 0.3 is 5.97 Å². The molecule has 6 nitrogen and oxygen atoms in total. The first-order valence-corrected chi connectivity index (χ1v) is 12.4. The Balaban J connectivity index is 1.51. The van der Waals surface area contributed by atoms with E-state index in [0.717, 1.165) is 5.56 Å². The van der Waals surface area contributed by atoms with E-state index in [1.54, 1.807) is 49.5 Å². The Hall–Kier alpha value is -3.26. The van der Waals surface area contributed by atoms with Gasteiger partial charge in [0.05, 0.1) is 33.3 Å². The lowest BCUT2D eigenvalue weighted by atomic mass is 10.1. The lowest BCUT2D eigenvalue weighted by Crippen LogP contribution is -2.23. The molecule has 0 aromatic heterocycles. The second-order valence-electron chi connectivity index (χ2n) is 8.00. The van der Waals surface area contributed by atoms with Crippen LogP contribution in [0.3, 0.4) is 0 Å². The van der Waals surface area contributed by atoms with Crippen LogP contribution in [0.4, 0.5) is 5.69 Å². The molecule has 1 saturated heterocycles. The molecule has 0 aliphatic carbocycles. The van der Waals surface area contributed by atoms with Crippen LogP contribution >= 0.6 is 35.0 Å². The number of hydrogen-bond donors (Lipinski definition) is 0. The number of halogens is 2. The minimum atomic E-state index is -0.425. The SMILES string of the molecule is COC(=O)c1ccc(N=C2S/C(=C\c3cc(Cl)c(OCc4ccc(C)cc4)c(Cl)c3)C(=O)N2C)cc1. The summed E-state index contributed by atoms with van der Waals surface area (Å²) in [6, 6.07) is 18.0. The summed E-state index contributed by atoms with van der Waals surface area (Å²) in [6.45, 7) is 2.36. The van der Waals surface area contributed by atoms with E-state index in [1.165, 1.54) is 29.3 Å². The molecule has 1 fully saturated rings. The Morgan fingerprint density at radius 2 is 1.69 bits per heavy atom. The third-order valence-corrected chi connectivity index (χ3v) is 6.96. The van der Waals surface area contributed by atoms with Crippen LogP contribution in [0.1, 0.15) is 27.0 Å². The fourth-order valence-electron chi connectivity index (χ4n) is 3.34. The van der Waals surface area contributed by atoms with Crippen molar-refractivity contribution in [1.82, 2.24) is 4.90 Å². The van der Waals surface area contributed by atoms with Gasteiger partial charge in [0.2, 0.25) is 0 Å². The maximum Gasteiger partial charge on any atom is 0.337 e. The average molecular weight is 541 g/mol. The maximum atomic E-state index is 12.8. The predicted octanol–water partition coefficient (Wildman–Crippen LogP) is 6.90. The molecule has 184 valence electrons. The predicted molar refractivity (Wildman–Crippen MR) is 145 cm³/mol. The van der Waals surface area contributed by atoms with Gasteiger partial charge in [0, 0.05) is 7.05 Å². The van der Waals surface area contributed by atoms with Crippen molar-refractivity contribution in [2.75, 3.05) is 14.2 Å². The van der Waals surface area contributed by atoms with Crippen LogP contribution < -0.4 is 4.74 Å². The van der Waals surface area contributed by atoms with Gasteiger partial charge in [-0.2, -0.15) is 0 Å². The monoisotopic (exact) mass is 540 g/mol. The third-order valence-electron chi connectivity index (χ3n) is 5.34. The van der Waals surface area contributed by atoms with Gasteiger partial charge in [-0.25, -0.2) is 9.79 Å². The quantitative estimate of drug-likeness (QED) is 0.251. The zero-order valence-corrected chi connectivity index (χ0v) is 22.1. The fourth-order valence-corrected chi connectivity index (χ4v) is 4.94. The zero-order chi connectivity index (χ0) is 25.8. The van der Waals surface area contributed by atoms with E-state index in [0.29, 0.717) is 49.3 Å². The van der Waals surface area contributed by atoms with Crippen molar-refractivity contribution < 1.29 is 19.1 Å². The van der Waals surface area contributed by atoms with Crippen molar-refractivity contribution in [3.05, 3.63) is 97.9 Å². The van der Waals surface area contributed by atoms with Gasteiger partial charge < -0.3 is 9.47 Å². The molecule has 3 aromatic carbocycles. The number of methoxy groups -OCH3 is 1. The number of hydrogen-bond acceptors (Lipinski definition) is 6. The van der Waals surface area contributed by atoms with E-state index < -0.39 is 5.97 Å². The number of ether oxygens (including phenoxy) is 2. The van der Waals surface area contributed by atoms with Gasteiger partial charge in [0.25, 0.3) is 5.91 Å². The van der Waals surface area contributed by atoms with E-state index in [2.05, 4.69) is 4.99 Å². The second kappa shape index (κ2) is 11.2. The Labute approximate surface area is 223 Å². The molecule has 4 rings (SSSR count). The lowest BCUT2D eigenvalue weighted by Gasteiger charge is -2.11. The van der Waals surface area contributed by atoms with Gasteiger partial charge in [0.1, 0.15) is 6.61 Å². The van der Waals surface area contributed by atoms with E-state index in [1.807, 2.05) is 31.2 Å². The molecule has 0 bridgehead atoms. The molecule has 0 spiro atoms. The highest BCUT2D eigenvalue weighted by Gasteiger charge is 2.30. The highest BCUT2D eigenvalue weighted by atomic mass is 35.5. The molecule has 3 aromatic rings. The largest absolute Gasteiger partial charge is 0.486 e. The third kappa shape index (κ3) is 5.93. The fraction of sp³-hybridized carbons (Fsp3) is 0.148. The maximum absolute atomic E-state index is 12.8. The molecule has 1 aliphatic heterocycles. The Bertz CT molecular complexity index is 1350. The lowest BCUT2D eigenvalue weighted by molar-refractivity contribution is -0.121. The number of amidine groups is 1. The van der Waals surface area contributed by atoms with Crippen LogP contribution in [0.5, 0.6) is 5.75 Å². The topological polar surface area (TPSA) is 68.2 Å². The van der Waals surface area contributed by atoms with Crippen LogP contribution in [0.15, 0.2) is 70.6 Å². The normalized spacial score (nSPS) is 15.6. The zero-order valence-electron chi connectivity index (χ0n) is 19.7. The van der Waals surface area contributed by atoms with Crippen molar-refractivity contribution >= 4 is 63.8 Å². The van der Waals surface area contributed by atoms with E-state index in [4.69, 9.17) is 32.7 Å². The van der Waals surface area contributed by atoms with Crippen LogP contribution in [0.2, 0.25) is 10.0 Å². The van der Waals surface area contributed by atoms with Gasteiger partial charge in [-0.1, -0.05) is 53.0 Å². The summed E-state index contributed by atoms with van der Waals surface area (Å²) in [5, 5.41) is 1.21. The minimum Gasteiger partial charge on any atom is -0.486 e. The van der Waals surface area contributed by atoms with E-state index in [-0.39, 0.29) is 5.91 Å². The summed E-state index contributed by atoms with van der Waals surface area (Å²) in [4.78, 5) is 30.9. The van der Waals surface area contributed by atoms with Gasteiger partial charge in [-0.15, -0.1) is 0 Å². The number of aliphatic imine (C=N–C) groups is 1. The number of carbonyl (C=O) groups excluding carboxylic acids is 2. The summed E-state index contributed by atoms with van der Waals surface area (Å²) in [7, 11) is 2.98. The number of benzene rings is 3. The minimum absolute atomic E-state index is 0.197. The van der Waals surface area contributed by atoms with Crippen molar-refractivity contribution in [3.63, 3.8) is 0 Å². The van der Waals surface area contributed by atoms with E-state index in [9.17, 15) is 9.59 Å². The number of likely N-dealkylation sites (N-methyl/N-ethyl adjacent to an activating group) is 1. The van der Waals surface area contributed by atoms with Gasteiger partial charge in [-0.3, -0.25) is 9.69 Å². The summed E-state index contributed by atoms with van der Waals surface area (Å²) < 4.78 is 10.6. The number of amides is 1. The number of thioether (sulfide) groups is 1. The van der Waals surface area contributed by atoms with Crippen LogP contribution in [0, 0.1) is 6.92 Å². The highest BCUT2D eigenvalue weighted by Crippen LogP contribution is 2.38. The summed E-state index contributed by atoms with van der Waals surface area (Å²) in [6.07, 6.45) is 1.72. The second-order valence-corrected chi connectivity index (χ2v) is 9.82. The van der Waals surface area contributed by atoms with Crippen molar-refractivity contribution in [2.45, 2.75) is 13.5 Å². The number of rotatable bonds is 6. The molecule has 0 atom stereocenters. The molecular weight excluding hydrogens is 519 g/mol. The number of carbonyl (C=O) groups is 2. The molecule has 0 radical (unpaired) electrons. The van der Waals surface area contributed by atoms with Crippen molar-refractivity contribution in [1.29, 1.82) is 0 Å². The first-order chi connectivity index (χ1) is 17.2. The van der Waals surface area contributed by atoms with Crippen molar-refractivity contribution in [3.8, 4) is 5.75 Å². The first-order valence-electron chi connectivity index (χ1n) is 10.9. The summed E-state index contributed by atoms with van der Waals surface area (Å²) >= 11 is 14.2. The standard InChI is InChI=1S/C27H22Cl2N2O4S/c1-16-4-6-17(7-5-16)15-35-24-21(28)12-18(13-22(24)29)14-23-25(32)31(2)27(36-23)30-20-10-8-19(9-11-20)26(33)34-3/h4-14H,15H2,1-3H3/b23-14-,30-27?. The molecule has 1 amide bonds. The molecule has 0 unspecified atom stereocenters. The molecule has 9 heteroatoms. The average Bonchev–Trinajstić information content (AvgIpc) is 3.12. The summed E-state index contributed by atoms with van der Waals surface area (Å²) in [5.41, 5.74) is 3.86. The molecule has 1 aliphatic rings. The smallest absolute Gasteiger partial charge is 0.337 e.